The molecule has 3 aromatic rings. The van der Waals surface area contributed by atoms with Crippen molar-refractivity contribution in [2.45, 2.75) is 5.22 Å². The number of carbonyl (C=O) groups excluding carboxylic acids is 1. The van der Waals surface area contributed by atoms with Crippen LogP contribution in [0.1, 0.15) is 0 Å². The van der Waals surface area contributed by atoms with Gasteiger partial charge < -0.3 is 14.5 Å². The molecule has 8 heteroatoms. The predicted octanol–water partition coefficient (Wildman–Crippen LogP) is 4.87. The van der Waals surface area contributed by atoms with Gasteiger partial charge in [0, 0.05) is 10.0 Å². The first-order valence-electron chi connectivity index (χ1n) is 6.87. The molecule has 0 atom stereocenters. The Hall–Kier alpha value is -1.89. The summed E-state index contributed by atoms with van der Waals surface area (Å²) in [4.78, 5) is 16.4. The van der Waals surface area contributed by atoms with Crippen molar-refractivity contribution in [1.82, 2.24) is 4.98 Å². The van der Waals surface area contributed by atoms with Crippen LogP contribution in [0.25, 0.3) is 11.1 Å². The van der Waals surface area contributed by atoms with Gasteiger partial charge in [0.25, 0.3) is 5.22 Å². The van der Waals surface area contributed by atoms with Crippen LogP contribution in [-0.2, 0) is 4.79 Å². The zero-order chi connectivity index (χ0) is 17.1. The van der Waals surface area contributed by atoms with Crippen molar-refractivity contribution in [3.8, 4) is 5.75 Å². The van der Waals surface area contributed by atoms with E-state index in [0.717, 1.165) is 0 Å². The van der Waals surface area contributed by atoms with Crippen molar-refractivity contribution in [2.75, 3.05) is 18.2 Å². The first-order chi connectivity index (χ1) is 11.5. The smallest absolute Gasteiger partial charge is 0.257 e. The number of methoxy groups -OCH3 is 1. The van der Waals surface area contributed by atoms with E-state index in [1.54, 1.807) is 36.4 Å². The highest BCUT2D eigenvalue weighted by molar-refractivity contribution is 7.99. The van der Waals surface area contributed by atoms with Gasteiger partial charge in [-0.1, -0.05) is 35.0 Å². The van der Waals surface area contributed by atoms with Crippen molar-refractivity contribution in [2.24, 2.45) is 0 Å². The summed E-state index contributed by atoms with van der Waals surface area (Å²) in [6.45, 7) is 0. The largest absolute Gasteiger partial charge is 0.495 e. The zero-order valence-electron chi connectivity index (χ0n) is 12.5. The Labute approximate surface area is 152 Å². The first-order valence-corrected chi connectivity index (χ1v) is 8.61. The fraction of sp³-hybridized carbons (Fsp3) is 0.125. The number of anilines is 1. The number of benzene rings is 2. The lowest BCUT2D eigenvalue weighted by atomic mass is 10.3. The van der Waals surface area contributed by atoms with Gasteiger partial charge in [-0.3, -0.25) is 4.79 Å². The highest BCUT2D eigenvalue weighted by Gasteiger charge is 2.12. The third-order valence-corrected chi connectivity index (χ3v) is 4.39. The molecule has 1 aromatic heterocycles. The normalized spacial score (nSPS) is 10.8. The number of hydrogen-bond donors (Lipinski definition) is 1. The average molecular weight is 383 g/mol. The second kappa shape index (κ2) is 7.34. The fourth-order valence-electron chi connectivity index (χ4n) is 2.03. The van der Waals surface area contributed by atoms with Gasteiger partial charge in [-0.15, -0.1) is 0 Å². The number of oxazole rings is 1. The number of ether oxygens (including phenoxy) is 1. The molecule has 124 valence electrons. The quantitative estimate of drug-likeness (QED) is 0.637. The Morgan fingerprint density at radius 3 is 2.79 bits per heavy atom. The number of aromatic nitrogens is 1. The molecule has 0 unspecified atom stereocenters. The Bertz CT molecular complexity index is 898. The monoisotopic (exact) mass is 382 g/mol. The van der Waals surface area contributed by atoms with Gasteiger partial charge in [0.15, 0.2) is 5.58 Å². The van der Waals surface area contributed by atoms with E-state index in [0.29, 0.717) is 37.8 Å². The molecule has 1 amide bonds. The summed E-state index contributed by atoms with van der Waals surface area (Å²) < 4.78 is 10.7. The molecule has 5 nitrogen and oxygen atoms in total. The summed E-state index contributed by atoms with van der Waals surface area (Å²) >= 11 is 13.0. The van der Waals surface area contributed by atoms with Gasteiger partial charge >= 0.3 is 0 Å². The molecule has 0 spiro atoms. The van der Waals surface area contributed by atoms with E-state index >= 15 is 0 Å². The molecule has 0 saturated carbocycles. The minimum atomic E-state index is -0.221. The average Bonchev–Trinajstić information content (AvgIpc) is 2.95. The van der Waals surface area contributed by atoms with Crippen LogP contribution in [0.4, 0.5) is 5.69 Å². The van der Waals surface area contributed by atoms with Crippen LogP contribution in [-0.4, -0.2) is 23.8 Å². The molecule has 0 aliphatic carbocycles. The number of nitrogens with one attached hydrogen (secondary N) is 1. The van der Waals surface area contributed by atoms with Crippen LogP contribution in [0.2, 0.25) is 10.0 Å². The second-order valence-electron chi connectivity index (χ2n) is 4.77. The number of fused-ring (bicyclic) bond motifs is 1. The lowest BCUT2D eigenvalue weighted by molar-refractivity contribution is -0.113. The Balaban J connectivity index is 1.65. The van der Waals surface area contributed by atoms with E-state index in [2.05, 4.69) is 10.3 Å². The zero-order valence-corrected chi connectivity index (χ0v) is 14.8. The predicted molar refractivity (Wildman–Crippen MR) is 96.4 cm³/mol. The van der Waals surface area contributed by atoms with Crippen molar-refractivity contribution < 1.29 is 13.9 Å². The summed E-state index contributed by atoms with van der Waals surface area (Å²) in [5.41, 5.74) is 1.79. The van der Waals surface area contributed by atoms with Gasteiger partial charge in [-0.25, -0.2) is 4.98 Å². The first kappa shape index (κ1) is 17.0. The number of rotatable bonds is 5. The summed E-state index contributed by atoms with van der Waals surface area (Å²) in [7, 11) is 1.52. The van der Waals surface area contributed by atoms with Crippen molar-refractivity contribution in [1.29, 1.82) is 0 Å². The molecule has 24 heavy (non-hydrogen) atoms. The Morgan fingerprint density at radius 2 is 2.00 bits per heavy atom. The fourth-order valence-corrected chi connectivity index (χ4v) is 3.01. The standard InChI is InChI=1S/C16H12Cl2N2O3S/c1-22-13-4-2-9(17)6-11(13)19-15(21)8-24-16-20-12-7-10(18)3-5-14(12)23-16/h2-7H,8H2,1H3,(H,19,21). The number of thioether (sulfide) groups is 1. The maximum Gasteiger partial charge on any atom is 0.257 e. The topological polar surface area (TPSA) is 64.4 Å². The van der Waals surface area contributed by atoms with Crippen molar-refractivity contribution in [3.05, 3.63) is 46.4 Å². The maximum atomic E-state index is 12.1. The molecular formula is C16H12Cl2N2O3S. The maximum absolute atomic E-state index is 12.1. The minimum Gasteiger partial charge on any atom is -0.495 e. The number of hydrogen-bond acceptors (Lipinski definition) is 5. The summed E-state index contributed by atoms with van der Waals surface area (Å²) in [5, 5.41) is 4.25. The Morgan fingerprint density at radius 1 is 1.25 bits per heavy atom. The minimum absolute atomic E-state index is 0.135. The second-order valence-corrected chi connectivity index (χ2v) is 6.57. The molecule has 0 aliphatic heterocycles. The number of carbonyl (C=O) groups is 1. The van der Waals surface area contributed by atoms with Gasteiger partial charge in [0.2, 0.25) is 5.91 Å². The van der Waals surface area contributed by atoms with Crippen LogP contribution in [0.5, 0.6) is 5.75 Å². The number of halogens is 2. The molecule has 0 saturated heterocycles. The van der Waals surface area contributed by atoms with Crippen LogP contribution in [0.3, 0.4) is 0 Å². The molecule has 2 aromatic carbocycles. The summed E-state index contributed by atoms with van der Waals surface area (Å²) in [6.07, 6.45) is 0. The van der Waals surface area contributed by atoms with E-state index in [9.17, 15) is 4.79 Å². The SMILES string of the molecule is COc1ccc(Cl)cc1NC(=O)CSc1nc2cc(Cl)ccc2o1. The third kappa shape index (κ3) is 3.95. The lowest BCUT2D eigenvalue weighted by Gasteiger charge is -2.09. The van der Waals surface area contributed by atoms with Crippen molar-refractivity contribution in [3.63, 3.8) is 0 Å². The Kier molecular flexibility index (Phi) is 5.18. The summed E-state index contributed by atoms with van der Waals surface area (Å²) in [6, 6.07) is 10.2. The summed E-state index contributed by atoms with van der Waals surface area (Å²) in [5.74, 6) is 0.450. The van der Waals surface area contributed by atoms with Crippen LogP contribution in [0.15, 0.2) is 46.0 Å². The van der Waals surface area contributed by atoms with E-state index in [1.807, 2.05) is 0 Å². The number of amides is 1. The van der Waals surface area contributed by atoms with E-state index in [4.69, 9.17) is 32.4 Å². The molecule has 0 radical (unpaired) electrons. The highest BCUT2D eigenvalue weighted by atomic mass is 35.5. The molecule has 0 bridgehead atoms. The van der Waals surface area contributed by atoms with E-state index in [1.165, 1.54) is 18.9 Å². The highest BCUT2D eigenvalue weighted by Crippen LogP contribution is 2.29. The molecule has 1 N–H and O–H groups in total. The van der Waals surface area contributed by atoms with E-state index < -0.39 is 0 Å². The molecule has 0 fully saturated rings. The van der Waals surface area contributed by atoms with Crippen LogP contribution in [0, 0.1) is 0 Å². The van der Waals surface area contributed by atoms with Gasteiger partial charge in [0.1, 0.15) is 11.3 Å². The lowest BCUT2D eigenvalue weighted by Crippen LogP contribution is -2.14. The molecular weight excluding hydrogens is 371 g/mol. The van der Waals surface area contributed by atoms with Crippen LogP contribution >= 0.6 is 35.0 Å². The third-order valence-electron chi connectivity index (χ3n) is 3.09. The van der Waals surface area contributed by atoms with Gasteiger partial charge in [-0.2, -0.15) is 0 Å². The molecule has 1 heterocycles. The van der Waals surface area contributed by atoms with Gasteiger partial charge in [-0.05, 0) is 36.4 Å². The van der Waals surface area contributed by atoms with Crippen LogP contribution < -0.4 is 10.1 Å². The number of nitrogens with zero attached hydrogens (tertiary/aromatic N) is 1. The van der Waals surface area contributed by atoms with E-state index in [-0.39, 0.29) is 11.7 Å². The molecule has 3 rings (SSSR count). The molecule has 0 aliphatic rings. The van der Waals surface area contributed by atoms with Gasteiger partial charge in [0.05, 0.1) is 18.6 Å². The van der Waals surface area contributed by atoms with Crippen molar-refractivity contribution >= 4 is 57.7 Å².